The van der Waals surface area contributed by atoms with Crippen molar-refractivity contribution in [2.75, 3.05) is 18.5 Å². The summed E-state index contributed by atoms with van der Waals surface area (Å²) in [5.41, 5.74) is -1.19. The highest BCUT2D eigenvalue weighted by molar-refractivity contribution is 6.30. The number of hydrogen-bond donors (Lipinski definition) is 3. The lowest BCUT2D eigenvalue weighted by atomic mass is 9.90. The average molecular weight is 317 g/mol. The number of anilines is 1. The summed E-state index contributed by atoms with van der Waals surface area (Å²) < 4.78 is 18.4. The van der Waals surface area contributed by atoms with E-state index in [0.29, 0.717) is 0 Å². The number of benzene rings is 1. The maximum atomic E-state index is 13.3. The molecule has 0 unspecified atom stereocenters. The Morgan fingerprint density at radius 1 is 1.33 bits per heavy atom. The van der Waals surface area contributed by atoms with E-state index in [2.05, 4.69) is 10.6 Å². The number of carboxylic acid groups (broad SMARTS) is 1. The van der Waals surface area contributed by atoms with Gasteiger partial charge in [0.2, 0.25) is 0 Å². The molecular weight excluding hydrogens is 303 g/mol. The van der Waals surface area contributed by atoms with Crippen LogP contribution in [0.15, 0.2) is 18.2 Å². The minimum Gasteiger partial charge on any atom is -0.480 e. The van der Waals surface area contributed by atoms with Crippen molar-refractivity contribution in [3.8, 4) is 0 Å². The number of aliphatic carboxylic acids is 1. The molecular formula is C13H14ClFN2O4. The Bertz CT molecular complexity index is 561. The van der Waals surface area contributed by atoms with Crippen LogP contribution in [0.25, 0.3) is 0 Å². The topological polar surface area (TPSA) is 87.7 Å². The first-order valence-electron chi connectivity index (χ1n) is 6.28. The first-order chi connectivity index (χ1) is 9.93. The number of carbonyl (C=O) groups excluding carboxylic acids is 1. The fraction of sp³-hybridized carbons (Fsp3) is 0.385. The number of rotatable bonds is 3. The molecule has 1 heterocycles. The minimum absolute atomic E-state index is 0.0626. The lowest BCUT2D eigenvalue weighted by Crippen LogP contribution is -2.58. The van der Waals surface area contributed by atoms with Gasteiger partial charge in [-0.2, -0.15) is 0 Å². The smallest absolute Gasteiger partial charge is 0.329 e. The second kappa shape index (κ2) is 6.28. The second-order valence-electron chi connectivity index (χ2n) is 4.71. The molecule has 1 fully saturated rings. The van der Waals surface area contributed by atoms with Gasteiger partial charge in [0.15, 0.2) is 0 Å². The summed E-state index contributed by atoms with van der Waals surface area (Å²) in [6, 6.07) is 3.05. The maximum absolute atomic E-state index is 13.3. The first kappa shape index (κ1) is 15.5. The number of amides is 2. The molecule has 1 aliphatic heterocycles. The Balaban J connectivity index is 2.05. The Hall–Kier alpha value is -1.86. The van der Waals surface area contributed by atoms with Crippen molar-refractivity contribution < 1.29 is 23.8 Å². The number of ether oxygens (including phenoxy) is 1. The third-order valence-electron chi connectivity index (χ3n) is 3.29. The molecule has 1 aromatic rings. The molecule has 1 aromatic carbocycles. The fourth-order valence-corrected chi connectivity index (χ4v) is 2.18. The van der Waals surface area contributed by atoms with Gasteiger partial charge in [-0.25, -0.2) is 14.0 Å². The third kappa shape index (κ3) is 3.62. The van der Waals surface area contributed by atoms with E-state index < -0.39 is 23.4 Å². The maximum Gasteiger partial charge on any atom is 0.329 e. The summed E-state index contributed by atoms with van der Waals surface area (Å²) in [5, 5.41) is 14.1. The highest BCUT2D eigenvalue weighted by atomic mass is 35.5. The van der Waals surface area contributed by atoms with Crippen LogP contribution in [0.5, 0.6) is 0 Å². The number of hydrogen-bond acceptors (Lipinski definition) is 3. The van der Waals surface area contributed by atoms with E-state index in [0.717, 1.165) is 6.07 Å². The summed E-state index contributed by atoms with van der Waals surface area (Å²) in [6.45, 7) is 0.504. The fourth-order valence-electron chi connectivity index (χ4n) is 2.07. The van der Waals surface area contributed by atoms with Crippen LogP contribution in [0.2, 0.25) is 5.02 Å². The van der Waals surface area contributed by atoms with E-state index >= 15 is 0 Å². The van der Waals surface area contributed by atoms with E-state index in [4.69, 9.17) is 16.3 Å². The largest absolute Gasteiger partial charge is 0.480 e. The van der Waals surface area contributed by atoms with Crippen molar-refractivity contribution in [3.63, 3.8) is 0 Å². The molecule has 0 atom stereocenters. The van der Waals surface area contributed by atoms with Gasteiger partial charge in [-0.05, 0) is 18.2 Å². The molecule has 2 amide bonds. The number of urea groups is 1. The monoisotopic (exact) mass is 316 g/mol. The lowest BCUT2D eigenvalue weighted by molar-refractivity contribution is -0.148. The Kier molecular flexibility index (Phi) is 4.64. The molecule has 2 rings (SSSR count). The Morgan fingerprint density at radius 3 is 2.57 bits per heavy atom. The summed E-state index contributed by atoms with van der Waals surface area (Å²) in [5.74, 6) is -1.79. The van der Waals surface area contributed by atoms with Crippen LogP contribution in [0, 0.1) is 5.82 Å². The van der Waals surface area contributed by atoms with Gasteiger partial charge in [0.05, 0.1) is 5.02 Å². The van der Waals surface area contributed by atoms with Crippen molar-refractivity contribution in [3.05, 3.63) is 29.0 Å². The standard InChI is InChI=1S/C13H14ClFN2O4/c14-9-2-1-8(7-10(9)15)16-12(20)17-13(11(18)19)3-5-21-6-4-13/h1-2,7H,3-6H2,(H,18,19)(H2,16,17,20). The molecule has 3 N–H and O–H groups in total. The predicted octanol–water partition coefficient (Wildman–Crippen LogP) is 2.23. The zero-order valence-corrected chi connectivity index (χ0v) is 11.7. The molecule has 0 radical (unpaired) electrons. The van der Waals surface area contributed by atoms with Gasteiger partial charge in [0.25, 0.3) is 0 Å². The molecule has 6 nitrogen and oxygen atoms in total. The number of carbonyl (C=O) groups is 2. The van der Waals surface area contributed by atoms with E-state index in [1.807, 2.05) is 0 Å². The minimum atomic E-state index is -1.37. The van der Waals surface area contributed by atoms with Crippen LogP contribution >= 0.6 is 11.6 Å². The van der Waals surface area contributed by atoms with Gasteiger partial charge in [0.1, 0.15) is 11.4 Å². The molecule has 0 aliphatic carbocycles. The van der Waals surface area contributed by atoms with Crippen LogP contribution in [0.4, 0.5) is 14.9 Å². The molecule has 1 saturated heterocycles. The molecule has 0 saturated carbocycles. The normalized spacial score (nSPS) is 17.0. The van der Waals surface area contributed by atoms with Gasteiger partial charge in [-0.15, -0.1) is 0 Å². The Morgan fingerprint density at radius 2 is 2.00 bits per heavy atom. The summed E-state index contributed by atoms with van der Waals surface area (Å²) >= 11 is 5.54. The van der Waals surface area contributed by atoms with Gasteiger partial charge in [-0.3, -0.25) is 0 Å². The van der Waals surface area contributed by atoms with E-state index in [-0.39, 0.29) is 36.8 Å². The van der Waals surface area contributed by atoms with Crippen molar-refractivity contribution in [1.29, 1.82) is 0 Å². The average Bonchev–Trinajstić information content (AvgIpc) is 2.43. The van der Waals surface area contributed by atoms with Crippen molar-refractivity contribution >= 4 is 29.3 Å². The van der Waals surface area contributed by atoms with Crippen molar-refractivity contribution in [1.82, 2.24) is 5.32 Å². The summed E-state index contributed by atoms with van der Waals surface area (Å²) in [6.07, 6.45) is 0.343. The molecule has 0 aromatic heterocycles. The van der Waals surface area contributed by atoms with Crippen molar-refractivity contribution in [2.45, 2.75) is 18.4 Å². The van der Waals surface area contributed by atoms with Gasteiger partial charge in [0, 0.05) is 31.7 Å². The van der Waals surface area contributed by atoms with Crippen molar-refractivity contribution in [2.24, 2.45) is 0 Å². The van der Waals surface area contributed by atoms with E-state index in [1.54, 1.807) is 0 Å². The summed E-state index contributed by atoms with van der Waals surface area (Å²) in [7, 11) is 0. The SMILES string of the molecule is O=C(Nc1ccc(Cl)c(F)c1)NC1(C(=O)O)CCOCC1. The number of carboxylic acids is 1. The van der Waals surface area contributed by atoms with Gasteiger partial charge in [-0.1, -0.05) is 11.6 Å². The number of halogens is 2. The molecule has 114 valence electrons. The van der Waals surface area contributed by atoms with Crippen LogP contribution in [0.3, 0.4) is 0 Å². The van der Waals surface area contributed by atoms with Crippen LogP contribution in [-0.2, 0) is 9.53 Å². The Labute approximate surface area is 125 Å². The highest BCUT2D eigenvalue weighted by Gasteiger charge is 2.41. The summed E-state index contributed by atoms with van der Waals surface area (Å²) in [4.78, 5) is 23.3. The zero-order chi connectivity index (χ0) is 15.5. The predicted molar refractivity (Wildman–Crippen MR) is 74.0 cm³/mol. The van der Waals surface area contributed by atoms with E-state index in [9.17, 15) is 19.1 Å². The van der Waals surface area contributed by atoms with Gasteiger partial charge < -0.3 is 20.5 Å². The van der Waals surface area contributed by atoms with E-state index in [1.165, 1.54) is 12.1 Å². The quantitative estimate of drug-likeness (QED) is 0.798. The lowest BCUT2D eigenvalue weighted by Gasteiger charge is -2.33. The second-order valence-corrected chi connectivity index (χ2v) is 5.11. The first-order valence-corrected chi connectivity index (χ1v) is 6.66. The van der Waals surface area contributed by atoms with Crippen LogP contribution in [0.1, 0.15) is 12.8 Å². The molecule has 0 bridgehead atoms. The number of nitrogens with one attached hydrogen (secondary N) is 2. The molecule has 8 heteroatoms. The van der Waals surface area contributed by atoms with Crippen LogP contribution < -0.4 is 10.6 Å². The highest BCUT2D eigenvalue weighted by Crippen LogP contribution is 2.22. The molecule has 21 heavy (non-hydrogen) atoms. The third-order valence-corrected chi connectivity index (χ3v) is 3.59. The molecule has 1 aliphatic rings. The zero-order valence-electron chi connectivity index (χ0n) is 11.0. The molecule has 0 spiro atoms. The van der Waals surface area contributed by atoms with Gasteiger partial charge >= 0.3 is 12.0 Å². The van der Waals surface area contributed by atoms with Crippen LogP contribution in [-0.4, -0.2) is 35.9 Å².